The molecule has 1 radical (unpaired) electrons. The first-order valence-electron chi connectivity index (χ1n) is 9.63. The van der Waals surface area contributed by atoms with E-state index in [1.807, 2.05) is 0 Å². The van der Waals surface area contributed by atoms with Gasteiger partial charge in [0, 0.05) is 0 Å². The minimum absolute atomic E-state index is 0.487. The number of ether oxygens (including phenoxy) is 2. The highest BCUT2D eigenvalue weighted by Crippen LogP contribution is 2.15. The normalized spacial score (nSPS) is 10.5. The van der Waals surface area contributed by atoms with Gasteiger partial charge in [-0.05, 0) is 61.8 Å². The van der Waals surface area contributed by atoms with Crippen LogP contribution in [0.1, 0.15) is 49.7 Å². The van der Waals surface area contributed by atoms with Crippen molar-refractivity contribution in [3.05, 3.63) is 65.7 Å². The summed E-state index contributed by atoms with van der Waals surface area (Å²) in [6.07, 6.45) is 8.74. The molecule has 0 aliphatic carbocycles. The van der Waals surface area contributed by atoms with Gasteiger partial charge in [-0.25, -0.2) is 4.79 Å². The van der Waals surface area contributed by atoms with Crippen molar-refractivity contribution >= 4 is 6.47 Å². The quantitative estimate of drug-likeness (QED) is 0.434. The van der Waals surface area contributed by atoms with E-state index in [1.54, 1.807) is 0 Å². The van der Waals surface area contributed by atoms with Crippen molar-refractivity contribution in [1.82, 2.24) is 0 Å². The van der Waals surface area contributed by atoms with E-state index in [9.17, 15) is 4.79 Å². The van der Waals surface area contributed by atoms with Crippen LogP contribution >= 0.6 is 0 Å². The van der Waals surface area contributed by atoms with Crippen LogP contribution in [0.25, 0.3) is 0 Å². The monoisotopic (exact) mass is 353 g/mol. The summed E-state index contributed by atoms with van der Waals surface area (Å²) in [6, 6.07) is 19.0. The minimum atomic E-state index is 0.487. The van der Waals surface area contributed by atoms with Crippen molar-refractivity contribution in [2.24, 2.45) is 0 Å². The fraction of sp³-hybridized carbons (Fsp3) is 0.435. The molecular formula is C23H29O3. The molecule has 3 heteroatoms. The smallest absolute Gasteiger partial charge is 0.417 e. The van der Waals surface area contributed by atoms with E-state index < -0.39 is 0 Å². The molecule has 0 fully saturated rings. The van der Waals surface area contributed by atoms with Crippen LogP contribution < -0.4 is 4.74 Å². The predicted molar refractivity (Wildman–Crippen MR) is 105 cm³/mol. The molecule has 0 saturated heterocycles. The topological polar surface area (TPSA) is 35.5 Å². The molecule has 0 aromatic heterocycles. The molecule has 0 bridgehead atoms. The molecule has 0 aliphatic heterocycles. The summed E-state index contributed by atoms with van der Waals surface area (Å²) in [7, 11) is 0. The van der Waals surface area contributed by atoms with Gasteiger partial charge in [-0.2, -0.15) is 0 Å². The van der Waals surface area contributed by atoms with Gasteiger partial charge < -0.3 is 9.47 Å². The van der Waals surface area contributed by atoms with Crippen LogP contribution in [-0.2, 0) is 22.4 Å². The molecule has 0 amide bonds. The van der Waals surface area contributed by atoms with Crippen molar-refractivity contribution in [3.63, 3.8) is 0 Å². The van der Waals surface area contributed by atoms with E-state index in [1.165, 1.54) is 17.6 Å². The Bertz CT molecular complexity index is 593. The van der Waals surface area contributed by atoms with Crippen LogP contribution in [0.5, 0.6) is 5.75 Å². The molecule has 2 aromatic rings. The Balaban J connectivity index is 1.52. The van der Waals surface area contributed by atoms with Gasteiger partial charge in [0.25, 0.3) is 0 Å². The molecule has 0 aliphatic rings. The largest absolute Gasteiger partial charge is 0.494 e. The molecule has 0 N–H and O–H groups in total. The van der Waals surface area contributed by atoms with Gasteiger partial charge in [-0.1, -0.05) is 55.3 Å². The summed E-state index contributed by atoms with van der Waals surface area (Å²) in [5, 5.41) is 0. The van der Waals surface area contributed by atoms with Crippen LogP contribution in [0.3, 0.4) is 0 Å². The van der Waals surface area contributed by atoms with Gasteiger partial charge in [0.05, 0.1) is 13.2 Å². The Hall–Kier alpha value is -2.29. The Morgan fingerprint density at radius 2 is 1.27 bits per heavy atom. The lowest BCUT2D eigenvalue weighted by Crippen LogP contribution is -1.98. The van der Waals surface area contributed by atoms with Crippen LogP contribution in [0, 0.1) is 0 Å². The van der Waals surface area contributed by atoms with Gasteiger partial charge in [-0.3, -0.25) is 0 Å². The molecular weight excluding hydrogens is 324 g/mol. The fourth-order valence-corrected chi connectivity index (χ4v) is 2.92. The summed E-state index contributed by atoms with van der Waals surface area (Å²) < 4.78 is 10.4. The number of benzene rings is 2. The number of aryl methyl sites for hydroxylation is 2. The maximum absolute atomic E-state index is 9.91. The molecule has 0 heterocycles. The Labute approximate surface area is 157 Å². The third-order valence-electron chi connectivity index (χ3n) is 4.42. The number of hydrogen-bond acceptors (Lipinski definition) is 3. The molecule has 2 rings (SSSR count). The van der Waals surface area contributed by atoms with Gasteiger partial charge in [0.15, 0.2) is 0 Å². The van der Waals surface area contributed by atoms with Crippen LogP contribution in [0.4, 0.5) is 0 Å². The van der Waals surface area contributed by atoms with Crippen LogP contribution in [0.2, 0.25) is 0 Å². The zero-order valence-corrected chi connectivity index (χ0v) is 15.5. The van der Waals surface area contributed by atoms with Crippen molar-refractivity contribution in [2.45, 2.75) is 51.4 Å². The van der Waals surface area contributed by atoms with Crippen molar-refractivity contribution in [3.8, 4) is 5.75 Å². The number of rotatable bonds is 14. The summed E-state index contributed by atoms with van der Waals surface area (Å²) in [5.41, 5.74) is 2.74. The highest BCUT2D eigenvalue weighted by Gasteiger charge is 1.98. The van der Waals surface area contributed by atoms with E-state index in [0.717, 1.165) is 63.7 Å². The van der Waals surface area contributed by atoms with Crippen LogP contribution in [-0.4, -0.2) is 19.7 Å². The number of hydrogen-bond donors (Lipinski definition) is 0. The predicted octanol–water partition coefficient (Wildman–Crippen LogP) is 5.28. The lowest BCUT2D eigenvalue weighted by Gasteiger charge is -2.08. The van der Waals surface area contributed by atoms with Crippen molar-refractivity contribution < 1.29 is 14.3 Å². The second-order valence-electron chi connectivity index (χ2n) is 6.53. The summed E-state index contributed by atoms with van der Waals surface area (Å²) in [6.45, 7) is 2.71. The van der Waals surface area contributed by atoms with E-state index in [2.05, 4.69) is 59.3 Å². The second-order valence-corrected chi connectivity index (χ2v) is 6.53. The highest BCUT2D eigenvalue weighted by molar-refractivity contribution is 5.38. The third-order valence-corrected chi connectivity index (χ3v) is 4.42. The minimum Gasteiger partial charge on any atom is -0.494 e. The molecule has 0 spiro atoms. The lowest BCUT2D eigenvalue weighted by atomic mass is 10.1. The van der Waals surface area contributed by atoms with Gasteiger partial charge in [0.2, 0.25) is 0 Å². The molecule has 26 heavy (non-hydrogen) atoms. The Morgan fingerprint density at radius 3 is 2.00 bits per heavy atom. The molecule has 0 atom stereocenters. The fourth-order valence-electron chi connectivity index (χ4n) is 2.92. The van der Waals surface area contributed by atoms with E-state index >= 15 is 0 Å². The van der Waals surface area contributed by atoms with Crippen LogP contribution in [0.15, 0.2) is 54.6 Å². The van der Waals surface area contributed by atoms with Gasteiger partial charge in [0.1, 0.15) is 5.75 Å². The van der Waals surface area contributed by atoms with E-state index in [-0.39, 0.29) is 0 Å². The maximum atomic E-state index is 9.91. The van der Waals surface area contributed by atoms with Gasteiger partial charge in [-0.15, -0.1) is 0 Å². The number of carbonyl (C=O) groups excluding carboxylic acids is 1. The first kappa shape index (κ1) is 20.0. The van der Waals surface area contributed by atoms with E-state index in [0.29, 0.717) is 6.61 Å². The summed E-state index contributed by atoms with van der Waals surface area (Å²) in [4.78, 5) is 9.91. The van der Waals surface area contributed by atoms with Crippen molar-refractivity contribution in [1.29, 1.82) is 0 Å². The standard InChI is InChI=1S/C23H29O3/c24-20-25-18-8-2-1-4-12-22-14-16-23(17-15-22)26-19-9-7-13-21-10-5-3-6-11-21/h3,5-6,10-11,14-17H,1-2,4,7-9,12-13,18-19H2. The zero-order valence-electron chi connectivity index (χ0n) is 15.5. The highest BCUT2D eigenvalue weighted by atomic mass is 16.5. The maximum Gasteiger partial charge on any atom is 0.417 e. The zero-order chi connectivity index (χ0) is 18.3. The average Bonchev–Trinajstić information content (AvgIpc) is 2.69. The van der Waals surface area contributed by atoms with E-state index in [4.69, 9.17) is 4.74 Å². The molecule has 3 nitrogen and oxygen atoms in total. The SMILES string of the molecule is O=[C]OCCCCCCc1ccc(OCCCCc2ccccc2)cc1. The first-order valence-corrected chi connectivity index (χ1v) is 9.63. The van der Waals surface area contributed by atoms with Gasteiger partial charge >= 0.3 is 6.47 Å². The third kappa shape index (κ3) is 8.70. The molecule has 0 unspecified atom stereocenters. The number of unbranched alkanes of at least 4 members (excludes halogenated alkanes) is 4. The van der Waals surface area contributed by atoms with Crippen molar-refractivity contribution in [2.75, 3.05) is 13.2 Å². The summed E-state index contributed by atoms with van der Waals surface area (Å²) >= 11 is 0. The second kappa shape index (κ2) is 13.0. The lowest BCUT2D eigenvalue weighted by molar-refractivity contribution is 0.269. The Kier molecular flexibility index (Phi) is 10.0. The molecule has 139 valence electrons. The molecule has 2 aromatic carbocycles. The average molecular weight is 353 g/mol. The molecule has 0 saturated carbocycles. The Morgan fingerprint density at radius 1 is 0.654 bits per heavy atom. The summed E-state index contributed by atoms with van der Waals surface area (Å²) in [5.74, 6) is 0.954. The first-order chi connectivity index (χ1) is 12.9.